The third-order valence-electron chi connectivity index (χ3n) is 3.14. The van der Waals surface area contributed by atoms with E-state index in [1.54, 1.807) is 36.4 Å². The zero-order valence-electron chi connectivity index (χ0n) is 13.4. The highest BCUT2D eigenvalue weighted by atomic mass is 16.5. The smallest absolute Gasteiger partial charge is 0.338 e. The summed E-state index contributed by atoms with van der Waals surface area (Å²) in [5.74, 6) is -1.22. The first-order chi connectivity index (χ1) is 11.5. The van der Waals surface area contributed by atoms with E-state index in [0.29, 0.717) is 16.9 Å². The van der Waals surface area contributed by atoms with E-state index in [1.165, 1.54) is 26.0 Å². The molecule has 2 aromatic rings. The Morgan fingerprint density at radius 1 is 0.875 bits per heavy atom. The summed E-state index contributed by atoms with van der Waals surface area (Å²) in [6.07, 6.45) is -0.937. The molecule has 0 saturated heterocycles. The van der Waals surface area contributed by atoms with E-state index in [1.807, 2.05) is 6.07 Å². The van der Waals surface area contributed by atoms with Crippen molar-refractivity contribution in [3.63, 3.8) is 0 Å². The van der Waals surface area contributed by atoms with Crippen molar-refractivity contribution in [1.29, 1.82) is 0 Å². The van der Waals surface area contributed by atoms with Gasteiger partial charge in [-0.2, -0.15) is 0 Å². The predicted octanol–water partition coefficient (Wildman–Crippen LogP) is 2.83. The summed E-state index contributed by atoms with van der Waals surface area (Å²) >= 11 is 0. The molecule has 6 nitrogen and oxygen atoms in total. The molecule has 0 fully saturated rings. The van der Waals surface area contributed by atoms with Crippen LogP contribution in [0.3, 0.4) is 0 Å². The second kappa shape index (κ2) is 7.92. The minimum Gasteiger partial charge on any atom is -0.449 e. The van der Waals surface area contributed by atoms with E-state index in [2.05, 4.69) is 10.6 Å². The van der Waals surface area contributed by atoms with Gasteiger partial charge in [0.25, 0.3) is 5.91 Å². The normalized spacial score (nSPS) is 11.2. The van der Waals surface area contributed by atoms with E-state index >= 15 is 0 Å². The Labute approximate surface area is 139 Å². The highest BCUT2D eigenvalue weighted by Gasteiger charge is 2.19. The van der Waals surface area contributed by atoms with Crippen molar-refractivity contribution in [3.05, 3.63) is 60.2 Å². The maximum Gasteiger partial charge on any atom is 0.338 e. The topological polar surface area (TPSA) is 84.5 Å². The number of benzene rings is 2. The van der Waals surface area contributed by atoms with Gasteiger partial charge in [0.2, 0.25) is 5.91 Å². The molecular formula is C18H18N2O4. The Hall–Kier alpha value is -3.15. The number of amides is 2. The van der Waals surface area contributed by atoms with Crippen LogP contribution in [0, 0.1) is 0 Å². The lowest BCUT2D eigenvalue weighted by Crippen LogP contribution is -2.29. The molecule has 0 aromatic heterocycles. The Morgan fingerprint density at radius 2 is 1.46 bits per heavy atom. The number of hydrogen-bond acceptors (Lipinski definition) is 4. The third-order valence-corrected chi connectivity index (χ3v) is 3.14. The molecule has 0 bridgehead atoms. The molecule has 2 rings (SSSR count). The van der Waals surface area contributed by atoms with Crippen molar-refractivity contribution in [1.82, 2.24) is 0 Å². The Balaban J connectivity index is 1.93. The average Bonchev–Trinajstić information content (AvgIpc) is 2.55. The first-order valence-corrected chi connectivity index (χ1v) is 7.40. The van der Waals surface area contributed by atoms with Gasteiger partial charge in [0, 0.05) is 18.3 Å². The maximum atomic E-state index is 12.1. The summed E-state index contributed by atoms with van der Waals surface area (Å²) in [4.78, 5) is 35.0. The minimum atomic E-state index is -0.937. The number of anilines is 2. The highest BCUT2D eigenvalue weighted by Crippen LogP contribution is 2.12. The van der Waals surface area contributed by atoms with Crippen LogP contribution in [0.15, 0.2) is 54.6 Å². The van der Waals surface area contributed by atoms with Gasteiger partial charge in [-0.05, 0) is 43.3 Å². The minimum absolute atomic E-state index is 0.198. The number of para-hydroxylation sites is 1. The lowest BCUT2D eigenvalue weighted by molar-refractivity contribution is -0.123. The van der Waals surface area contributed by atoms with Crippen LogP contribution < -0.4 is 10.6 Å². The zero-order chi connectivity index (χ0) is 17.5. The Bertz CT molecular complexity index is 726. The van der Waals surface area contributed by atoms with Gasteiger partial charge in [0.1, 0.15) is 0 Å². The molecule has 0 radical (unpaired) electrons. The zero-order valence-corrected chi connectivity index (χ0v) is 13.4. The molecule has 0 aliphatic rings. The molecule has 0 aliphatic carbocycles. The number of carbonyl (C=O) groups is 3. The summed E-state index contributed by atoms with van der Waals surface area (Å²) in [5.41, 5.74) is 1.50. The van der Waals surface area contributed by atoms with Crippen molar-refractivity contribution in [2.45, 2.75) is 20.0 Å². The van der Waals surface area contributed by atoms with Crippen molar-refractivity contribution in [3.8, 4) is 0 Å². The summed E-state index contributed by atoms with van der Waals surface area (Å²) in [5, 5.41) is 5.27. The molecule has 0 aliphatic heterocycles. The largest absolute Gasteiger partial charge is 0.449 e. The molecule has 0 spiro atoms. The van der Waals surface area contributed by atoms with Gasteiger partial charge in [-0.25, -0.2) is 4.79 Å². The van der Waals surface area contributed by atoms with E-state index in [9.17, 15) is 14.4 Å². The van der Waals surface area contributed by atoms with E-state index in [4.69, 9.17) is 4.74 Å². The molecule has 0 saturated carbocycles. The summed E-state index contributed by atoms with van der Waals surface area (Å²) in [7, 11) is 0. The van der Waals surface area contributed by atoms with Gasteiger partial charge in [-0.1, -0.05) is 18.2 Å². The quantitative estimate of drug-likeness (QED) is 0.828. The molecule has 1 unspecified atom stereocenters. The molecular weight excluding hydrogens is 308 g/mol. The van der Waals surface area contributed by atoms with Crippen LogP contribution in [0.1, 0.15) is 24.2 Å². The molecule has 6 heteroatoms. The SMILES string of the molecule is CC(=O)Nc1ccc(C(=O)OC(C)C(=O)Nc2ccccc2)cc1. The molecule has 2 N–H and O–H groups in total. The van der Waals surface area contributed by atoms with E-state index < -0.39 is 18.0 Å². The van der Waals surface area contributed by atoms with Crippen LogP contribution in [0.4, 0.5) is 11.4 Å². The number of hydrogen-bond donors (Lipinski definition) is 2. The Kier molecular flexibility index (Phi) is 5.68. The molecule has 2 aromatic carbocycles. The first-order valence-electron chi connectivity index (χ1n) is 7.40. The van der Waals surface area contributed by atoms with Gasteiger partial charge in [0.15, 0.2) is 6.10 Å². The second-order valence-electron chi connectivity index (χ2n) is 5.16. The van der Waals surface area contributed by atoms with Crippen molar-refractivity contribution >= 4 is 29.2 Å². The number of ether oxygens (including phenoxy) is 1. The third kappa shape index (κ3) is 4.95. The van der Waals surface area contributed by atoms with Crippen LogP contribution >= 0.6 is 0 Å². The van der Waals surface area contributed by atoms with Crippen molar-refractivity contribution < 1.29 is 19.1 Å². The van der Waals surface area contributed by atoms with Crippen LogP contribution in [0.25, 0.3) is 0 Å². The van der Waals surface area contributed by atoms with Gasteiger partial charge >= 0.3 is 5.97 Å². The van der Waals surface area contributed by atoms with Crippen molar-refractivity contribution in [2.24, 2.45) is 0 Å². The average molecular weight is 326 g/mol. The highest BCUT2D eigenvalue weighted by molar-refractivity contribution is 5.97. The van der Waals surface area contributed by atoms with Crippen LogP contribution in [-0.4, -0.2) is 23.9 Å². The maximum absolute atomic E-state index is 12.1. The lowest BCUT2D eigenvalue weighted by atomic mass is 10.2. The standard InChI is InChI=1S/C18H18N2O4/c1-12(17(22)20-15-6-4-3-5-7-15)24-18(23)14-8-10-16(11-9-14)19-13(2)21/h3-12H,1-2H3,(H,19,21)(H,20,22). The molecule has 1 atom stereocenters. The van der Waals surface area contributed by atoms with Gasteiger partial charge in [0.05, 0.1) is 5.56 Å². The predicted molar refractivity (Wildman–Crippen MR) is 90.7 cm³/mol. The molecule has 0 heterocycles. The Morgan fingerprint density at radius 3 is 2.04 bits per heavy atom. The first kappa shape index (κ1) is 17.2. The van der Waals surface area contributed by atoms with Crippen molar-refractivity contribution in [2.75, 3.05) is 10.6 Å². The van der Waals surface area contributed by atoms with Gasteiger partial charge < -0.3 is 15.4 Å². The summed E-state index contributed by atoms with van der Waals surface area (Å²) < 4.78 is 5.15. The fourth-order valence-electron chi connectivity index (χ4n) is 1.94. The van der Waals surface area contributed by atoms with Crippen LogP contribution in [-0.2, 0) is 14.3 Å². The second-order valence-corrected chi connectivity index (χ2v) is 5.16. The van der Waals surface area contributed by atoms with E-state index in [0.717, 1.165) is 0 Å². The van der Waals surface area contributed by atoms with Crippen LogP contribution in [0.2, 0.25) is 0 Å². The monoisotopic (exact) mass is 326 g/mol. The number of esters is 1. The fraction of sp³-hybridized carbons (Fsp3) is 0.167. The number of nitrogens with one attached hydrogen (secondary N) is 2. The summed E-state index contributed by atoms with van der Waals surface area (Å²) in [6, 6.07) is 15.1. The number of rotatable bonds is 5. The fourth-order valence-corrected chi connectivity index (χ4v) is 1.94. The molecule has 2 amide bonds. The van der Waals surface area contributed by atoms with Gasteiger partial charge in [-0.15, -0.1) is 0 Å². The van der Waals surface area contributed by atoms with Crippen LogP contribution in [0.5, 0.6) is 0 Å². The van der Waals surface area contributed by atoms with E-state index in [-0.39, 0.29) is 5.91 Å². The number of carbonyl (C=O) groups excluding carboxylic acids is 3. The molecule has 124 valence electrons. The lowest BCUT2D eigenvalue weighted by Gasteiger charge is -2.13. The molecule has 24 heavy (non-hydrogen) atoms. The summed E-state index contributed by atoms with van der Waals surface area (Å²) in [6.45, 7) is 2.90. The van der Waals surface area contributed by atoms with Gasteiger partial charge in [-0.3, -0.25) is 9.59 Å².